The fourth-order valence-electron chi connectivity index (χ4n) is 3.08. The standard InChI is InChI=1S/C24H26N2OS/c1-17(2)27-21-15-13-20(14-16-21)25-24(28)26-23(19-10-5-4-6-11-19)22-12-8-7-9-18(22)3/h4-17,23H,1-3H3,(H2,25,26,28)/t23-/m1/s1. The average molecular weight is 391 g/mol. The SMILES string of the molecule is Cc1ccccc1[C@H](NC(=S)Nc1ccc(OC(C)C)cc1)c1ccccc1. The molecule has 4 heteroatoms. The van der Waals surface area contributed by atoms with Crippen LogP contribution in [0, 0.1) is 6.92 Å². The third-order valence-corrected chi connectivity index (χ3v) is 4.61. The number of ether oxygens (including phenoxy) is 1. The van der Waals surface area contributed by atoms with Crippen LogP contribution >= 0.6 is 12.2 Å². The summed E-state index contributed by atoms with van der Waals surface area (Å²) in [6, 6.07) is 26.5. The van der Waals surface area contributed by atoms with Gasteiger partial charge in [-0.1, -0.05) is 54.6 Å². The first-order valence-electron chi connectivity index (χ1n) is 9.47. The van der Waals surface area contributed by atoms with Gasteiger partial charge in [0.25, 0.3) is 0 Å². The van der Waals surface area contributed by atoms with E-state index in [0.717, 1.165) is 11.4 Å². The second kappa shape index (κ2) is 9.38. The first kappa shape index (κ1) is 19.9. The number of aryl methyl sites for hydroxylation is 1. The molecule has 2 N–H and O–H groups in total. The zero-order valence-electron chi connectivity index (χ0n) is 16.5. The summed E-state index contributed by atoms with van der Waals surface area (Å²) in [5.74, 6) is 0.849. The molecule has 0 aliphatic carbocycles. The predicted octanol–water partition coefficient (Wildman–Crippen LogP) is 5.86. The molecule has 28 heavy (non-hydrogen) atoms. The predicted molar refractivity (Wildman–Crippen MR) is 121 cm³/mol. The molecule has 0 aliphatic heterocycles. The second-order valence-electron chi connectivity index (χ2n) is 6.99. The number of nitrogens with one attached hydrogen (secondary N) is 2. The molecule has 0 unspecified atom stereocenters. The molecule has 0 amide bonds. The van der Waals surface area contributed by atoms with Gasteiger partial charge in [0.15, 0.2) is 5.11 Å². The smallest absolute Gasteiger partial charge is 0.171 e. The summed E-state index contributed by atoms with van der Waals surface area (Å²) >= 11 is 5.60. The van der Waals surface area contributed by atoms with Gasteiger partial charge in [0, 0.05) is 5.69 Å². The zero-order chi connectivity index (χ0) is 19.9. The first-order valence-corrected chi connectivity index (χ1v) is 9.88. The highest BCUT2D eigenvalue weighted by Crippen LogP contribution is 2.25. The van der Waals surface area contributed by atoms with Crippen molar-refractivity contribution in [3.05, 3.63) is 95.6 Å². The van der Waals surface area contributed by atoms with Gasteiger partial charge >= 0.3 is 0 Å². The molecule has 144 valence electrons. The number of benzene rings is 3. The van der Waals surface area contributed by atoms with E-state index in [1.165, 1.54) is 16.7 Å². The quantitative estimate of drug-likeness (QED) is 0.517. The molecule has 0 spiro atoms. The Bertz CT molecular complexity index is 907. The third kappa shape index (κ3) is 5.33. The van der Waals surface area contributed by atoms with Crippen LogP contribution in [0.25, 0.3) is 0 Å². The number of rotatable bonds is 6. The summed E-state index contributed by atoms with van der Waals surface area (Å²) < 4.78 is 5.69. The molecular formula is C24H26N2OS. The molecule has 0 radical (unpaired) electrons. The Balaban J connectivity index is 1.76. The van der Waals surface area contributed by atoms with Gasteiger partial charge in [0.1, 0.15) is 5.75 Å². The Hall–Kier alpha value is -2.85. The summed E-state index contributed by atoms with van der Waals surface area (Å²) in [5.41, 5.74) is 4.52. The van der Waals surface area contributed by atoms with Gasteiger partial charge in [0.05, 0.1) is 12.1 Å². The van der Waals surface area contributed by atoms with Crippen LogP contribution in [0.2, 0.25) is 0 Å². The second-order valence-corrected chi connectivity index (χ2v) is 7.40. The van der Waals surface area contributed by atoms with Crippen molar-refractivity contribution in [3.63, 3.8) is 0 Å². The summed E-state index contributed by atoms with van der Waals surface area (Å²) in [5, 5.41) is 7.33. The average Bonchev–Trinajstić information content (AvgIpc) is 2.69. The number of anilines is 1. The van der Waals surface area contributed by atoms with E-state index in [2.05, 4.69) is 54.0 Å². The fraction of sp³-hybridized carbons (Fsp3) is 0.208. The van der Waals surface area contributed by atoms with E-state index in [1.807, 2.05) is 56.3 Å². The molecular weight excluding hydrogens is 364 g/mol. The van der Waals surface area contributed by atoms with Crippen LogP contribution in [-0.4, -0.2) is 11.2 Å². The largest absolute Gasteiger partial charge is 0.491 e. The molecule has 0 heterocycles. The molecule has 3 aromatic rings. The summed E-state index contributed by atoms with van der Waals surface area (Å²) in [6.07, 6.45) is 0.155. The highest BCUT2D eigenvalue weighted by Gasteiger charge is 2.17. The molecule has 0 saturated carbocycles. The summed E-state index contributed by atoms with van der Waals surface area (Å²) in [4.78, 5) is 0. The molecule has 3 rings (SSSR count). The van der Waals surface area contributed by atoms with Crippen molar-refractivity contribution in [2.45, 2.75) is 32.9 Å². The lowest BCUT2D eigenvalue weighted by molar-refractivity contribution is 0.242. The van der Waals surface area contributed by atoms with Gasteiger partial charge in [0.2, 0.25) is 0 Å². The van der Waals surface area contributed by atoms with Gasteiger partial charge in [-0.3, -0.25) is 0 Å². The highest BCUT2D eigenvalue weighted by molar-refractivity contribution is 7.80. The van der Waals surface area contributed by atoms with Crippen LogP contribution in [0.15, 0.2) is 78.9 Å². The summed E-state index contributed by atoms with van der Waals surface area (Å²) in [7, 11) is 0. The van der Waals surface area contributed by atoms with Crippen LogP contribution in [0.5, 0.6) is 5.75 Å². The van der Waals surface area contributed by atoms with Crippen LogP contribution in [0.4, 0.5) is 5.69 Å². The number of hydrogen-bond donors (Lipinski definition) is 2. The van der Waals surface area contributed by atoms with E-state index in [0.29, 0.717) is 5.11 Å². The van der Waals surface area contributed by atoms with Crippen molar-refractivity contribution >= 4 is 23.0 Å². The van der Waals surface area contributed by atoms with Crippen molar-refractivity contribution in [1.82, 2.24) is 5.32 Å². The fourth-order valence-corrected chi connectivity index (χ4v) is 3.32. The minimum Gasteiger partial charge on any atom is -0.491 e. The Morgan fingerprint density at radius 3 is 2.14 bits per heavy atom. The maximum Gasteiger partial charge on any atom is 0.171 e. The lowest BCUT2D eigenvalue weighted by Gasteiger charge is -2.23. The lowest BCUT2D eigenvalue weighted by Crippen LogP contribution is -2.33. The van der Waals surface area contributed by atoms with Crippen LogP contribution < -0.4 is 15.4 Å². The lowest BCUT2D eigenvalue weighted by atomic mass is 9.95. The Morgan fingerprint density at radius 2 is 1.50 bits per heavy atom. The van der Waals surface area contributed by atoms with Crippen molar-refractivity contribution < 1.29 is 4.74 Å². The van der Waals surface area contributed by atoms with Crippen molar-refractivity contribution in [2.24, 2.45) is 0 Å². The summed E-state index contributed by atoms with van der Waals surface area (Å²) in [6.45, 7) is 6.15. The Morgan fingerprint density at radius 1 is 0.857 bits per heavy atom. The minimum absolute atomic E-state index is 0.0223. The van der Waals surface area contributed by atoms with E-state index in [-0.39, 0.29) is 12.1 Å². The first-order chi connectivity index (χ1) is 13.5. The van der Waals surface area contributed by atoms with Gasteiger partial charge in [-0.05, 0) is 73.9 Å². The number of hydrogen-bond acceptors (Lipinski definition) is 2. The van der Waals surface area contributed by atoms with Gasteiger partial charge in [-0.25, -0.2) is 0 Å². The number of thiocarbonyl (C=S) groups is 1. The van der Waals surface area contributed by atoms with Crippen molar-refractivity contribution in [1.29, 1.82) is 0 Å². The van der Waals surface area contributed by atoms with E-state index >= 15 is 0 Å². The van der Waals surface area contributed by atoms with Crippen LogP contribution in [0.3, 0.4) is 0 Å². The molecule has 0 aliphatic rings. The molecule has 3 aromatic carbocycles. The van der Waals surface area contributed by atoms with E-state index in [9.17, 15) is 0 Å². The minimum atomic E-state index is -0.0223. The molecule has 0 saturated heterocycles. The maximum atomic E-state index is 5.69. The monoisotopic (exact) mass is 390 g/mol. The van der Waals surface area contributed by atoms with Crippen molar-refractivity contribution in [2.75, 3.05) is 5.32 Å². The third-order valence-electron chi connectivity index (χ3n) is 4.39. The molecule has 0 aromatic heterocycles. The molecule has 3 nitrogen and oxygen atoms in total. The Labute approximate surface area is 172 Å². The zero-order valence-corrected chi connectivity index (χ0v) is 17.3. The molecule has 1 atom stereocenters. The van der Waals surface area contributed by atoms with Gasteiger partial charge in [-0.2, -0.15) is 0 Å². The highest BCUT2D eigenvalue weighted by atomic mass is 32.1. The van der Waals surface area contributed by atoms with E-state index < -0.39 is 0 Å². The van der Waals surface area contributed by atoms with E-state index in [4.69, 9.17) is 17.0 Å². The topological polar surface area (TPSA) is 33.3 Å². The molecule has 0 bridgehead atoms. The Kier molecular flexibility index (Phi) is 6.66. The normalized spacial score (nSPS) is 11.7. The maximum absolute atomic E-state index is 5.69. The van der Waals surface area contributed by atoms with Crippen LogP contribution in [-0.2, 0) is 0 Å². The molecule has 0 fully saturated rings. The van der Waals surface area contributed by atoms with E-state index in [1.54, 1.807) is 0 Å². The van der Waals surface area contributed by atoms with Crippen LogP contribution in [0.1, 0.15) is 36.6 Å². The van der Waals surface area contributed by atoms with Crippen molar-refractivity contribution in [3.8, 4) is 5.75 Å². The van der Waals surface area contributed by atoms with Gasteiger partial charge in [-0.15, -0.1) is 0 Å². The van der Waals surface area contributed by atoms with Gasteiger partial charge < -0.3 is 15.4 Å².